The van der Waals surface area contributed by atoms with Gasteiger partial charge in [0.15, 0.2) is 0 Å². The molecule has 0 aliphatic carbocycles. The zero-order valence-corrected chi connectivity index (χ0v) is 16.0. The van der Waals surface area contributed by atoms with Crippen LogP contribution in [0.1, 0.15) is 18.4 Å². The van der Waals surface area contributed by atoms with Crippen molar-refractivity contribution < 1.29 is 18.0 Å². The number of benzene rings is 1. The summed E-state index contributed by atoms with van der Waals surface area (Å²) in [6, 6.07) is 6.50. The first-order valence-corrected chi connectivity index (χ1v) is 10.2. The van der Waals surface area contributed by atoms with Gasteiger partial charge in [-0.2, -0.15) is 9.41 Å². The minimum atomic E-state index is -3.50. The third kappa shape index (κ3) is 4.71. The predicted molar refractivity (Wildman–Crippen MR) is 99.4 cm³/mol. The normalized spacial score (nSPS) is 19.3. The average molecular weight is 393 g/mol. The van der Waals surface area contributed by atoms with Gasteiger partial charge in [0.2, 0.25) is 15.9 Å². The Bertz CT molecular complexity index is 843. The summed E-state index contributed by atoms with van der Waals surface area (Å²) >= 11 is 0. The molecule has 0 spiro atoms. The van der Waals surface area contributed by atoms with Gasteiger partial charge in [-0.25, -0.2) is 13.8 Å². The van der Waals surface area contributed by atoms with Crippen molar-refractivity contribution in [3.05, 3.63) is 29.8 Å². The van der Waals surface area contributed by atoms with E-state index in [1.807, 2.05) is 7.05 Å². The SMILES string of the molecule is CN1CCN(S(=O)(=O)c2ccc(CNC(=O)C3=NNC(=O)CC3)cc2)CC1. The first-order valence-electron chi connectivity index (χ1n) is 8.77. The maximum absolute atomic E-state index is 12.7. The summed E-state index contributed by atoms with van der Waals surface area (Å²) in [5.41, 5.74) is 3.34. The van der Waals surface area contributed by atoms with E-state index in [1.54, 1.807) is 24.3 Å². The molecule has 0 unspecified atom stereocenters. The molecule has 2 amide bonds. The Morgan fingerprint density at radius 2 is 1.81 bits per heavy atom. The van der Waals surface area contributed by atoms with E-state index in [9.17, 15) is 18.0 Å². The third-order valence-corrected chi connectivity index (χ3v) is 6.56. The highest BCUT2D eigenvalue weighted by molar-refractivity contribution is 7.89. The molecule has 2 heterocycles. The molecule has 2 aliphatic rings. The summed E-state index contributed by atoms with van der Waals surface area (Å²) in [5.74, 6) is -0.548. The molecular formula is C17H23N5O4S. The Balaban J connectivity index is 1.58. The number of carbonyl (C=O) groups excluding carboxylic acids is 2. The number of hydrogen-bond donors (Lipinski definition) is 2. The number of amides is 2. The Hall–Kier alpha value is -2.30. The smallest absolute Gasteiger partial charge is 0.267 e. The molecule has 0 radical (unpaired) electrons. The maximum Gasteiger partial charge on any atom is 0.267 e. The molecule has 10 heteroatoms. The van der Waals surface area contributed by atoms with E-state index in [0.29, 0.717) is 32.6 Å². The lowest BCUT2D eigenvalue weighted by atomic mass is 10.1. The lowest BCUT2D eigenvalue weighted by Crippen LogP contribution is -2.47. The second kappa shape index (κ2) is 8.15. The van der Waals surface area contributed by atoms with Gasteiger partial charge in [0.1, 0.15) is 5.71 Å². The van der Waals surface area contributed by atoms with Crippen LogP contribution >= 0.6 is 0 Å². The fourth-order valence-electron chi connectivity index (χ4n) is 2.88. The molecule has 0 aromatic heterocycles. The van der Waals surface area contributed by atoms with Gasteiger partial charge in [-0.15, -0.1) is 0 Å². The molecule has 27 heavy (non-hydrogen) atoms. The summed E-state index contributed by atoms with van der Waals surface area (Å²) in [6.45, 7) is 2.65. The summed E-state index contributed by atoms with van der Waals surface area (Å²) in [4.78, 5) is 25.4. The largest absolute Gasteiger partial charge is 0.347 e. The Labute approximate surface area is 158 Å². The summed E-state index contributed by atoms with van der Waals surface area (Å²) < 4.78 is 26.9. The lowest BCUT2D eigenvalue weighted by molar-refractivity contribution is -0.121. The van der Waals surface area contributed by atoms with Crippen LogP contribution in [-0.4, -0.2) is 68.4 Å². The summed E-state index contributed by atoms with van der Waals surface area (Å²) in [7, 11) is -1.52. The van der Waals surface area contributed by atoms with Crippen molar-refractivity contribution in [2.45, 2.75) is 24.3 Å². The molecule has 0 bridgehead atoms. The van der Waals surface area contributed by atoms with Crippen LogP contribution in [0.2, 0.25) is 0 Å². The molecule has 1 aromatic rings. The van der Waals surface area contributed by atoms with Gasteiger partial charge in [0.05, 0.1) is 4.90 Å². The zero-order valence-electron chi connectivity index (χ0n) is 15.1. The summed E-state index contributed by atoms with van der Waals surface area (Å²) in [5, 5.41) is 6.47. The Kier molecular flexibility index (Phi) is 5.88. The second-order valence-corrected chi connectivity index (χ2v) is 8.57. The van der Waals surface area contributed by atoms with Crippen molar-refractivity contribution in [1.29, 1.82) is 0 Å². The average Bonchev–Trinajstić information content (AvgIpc) is 2.67. The van der Waals surface area contributed by atoms with E-state index in [-0.39, 0.29) is 35.4 Å². The van der Waals surface area contributed by atoms with Crippen LogP contribution in [0, 0.1) is 0 Å². The van der Waals surface area contributed by atoms with E-state index in [1.165, 1.54) is 4.31 Å². The van der Waals surface area contributed by atoms with Gasteiger partial charge in [0.25, 0.3) is 5.91 Å². The summed E-state index contributed by atoms with van der Waals surface area (Å²) in [6.07, 6.45) is 0.547. The molecule has 3 rings (SSSR count). The fourth-order valence-corrected chi connectivity index (χ4v) is 4.30. The van der Waals surface area contributed by atoms with Crippen molar-refractivity contribution in [1.82, 2.24) is 19.9 Å². The molecule has 2 aliphatic heterocycles. The van der Waals surface area contributed by atoms with E-state index in [0.717, 1.165) is 5.56 Å². The number of hydrogen-bond acceptors (Lipinski definition) is 6. The highest BCUT2D eigenvalue weighted by Gasteiger charge is 2.27. The van der Waals surface area contributed by atoms with Crippen LogP contribution in [0.5, 0.6) is 0 Å². The first kappa shape index (κ1) is 19.5. The quantitative estimate of drug-likeness (QED) is 0.701. The van der Waals surface area contributed by atoms with E-state index in [4.69, 9.17) is 0 Å². The highest BCUT2D eigenvalue weighted by atomic mass is 32.2. The van der Waals surface area contributed by atoms with Crippen LogP contribution < -0.4 is 10.7 Å². The minimum Gasteiger partial charge on any atom is -0.347 e. The monoisotopic (exact) mass is 393 g/mol. The van der Waals surface area contributed by atoms with Gasteiger partial charge in [-0.05, 0) is 24.7 Å². The van der Waals surface area contributed by atoms with Crippen LogP contribution in [0.3, 0.4) is 0 Å². The van der Waals surface area contributed by atoms with Crippen LogP contribution in [0.15, 0.2) is 34.3 Å². The number of rotatable bonds is 5. The molecule has 0 atom stereocenters. The van der Waals surface area contributed by atoms with Gasteiger partial charge >= 0.3 is 0 Å². The van der Waals surface area contributed by atoms with Gasteiger partial charge in [-0.3, -0.25) is 9.59 Å². The molecule has 0 saturated carbocycles. The van der Waals surface area contributed by atoms with Gasteiger partial charge in [-0.1, -0.05) is 12.1 Å². The molecule has 146 valence electrons. The number of nitrogens with one attached hydrogen (secondary N) is 2. The second-order valence-electron chi connectivity index (χ2n) is 6.63. The zero-order chi connectivity index (χ0) is 19.4. The lowest BCUT2D eigenvalue weighted by Gasteiger charge is -2.31. The van der Waals surface area contributed by atoms with E-state index >= 15 is 0 Å². The molecule has 1 aromatic carbocycles. The van der Waals surface area contributed by atoms with Crippen LogP contribution in [-0.2, 0) is 26.2 Å². The van der Waals surface area contributed by atoms with E-state index in [2.05, 4.69) is 20.7 Å². The topological polar surface area (TPSA) is 111 Å². The van der Waals surface area contributed by atoms with Crippen LogP contribution in [0.4, 0.5) is 0 Å². The highest BCUT2D eigenvalue weighted by Crippen LogP contribution is 2.18. The Morgan fingerprint density at radius 1 is 1.15 bits per heavy atom. The Morgan fingerprint density at radius 3 is 2.41 bits per heavy atom. The predicted octanol–water partition coefficient (Wildman–Crippen LogP) is -0.495. The van der Waals surface area contributed by atoms with Crippen molar-refractivity contribution >= 4 is 27.5 Å². The number of piperazine rings is 1. The fraction of sp³-hybridized carbons (Fsp3) is 0.471. The van der Waals surface area contributed by atoms with E-state index < -0.39 is 10.0 Å². The molecule has 9 nitrogen and oxygen atoms in total. The van der Waals surface area contributed by atoms with Gasteiger partial charge < -0.3 is 10.2 Å². The number of carbonyl (C=O) groups is 2. The van der Waals surface area contributed by atoms with Crippen molar-refractivity contribution in [3.63, 3.8) is 0 Å². The standard InChI is InChI=1S/C17H23N5O4S/c1-21-8-10-22(11-9-21)27(25,26)14-4-2-13(3-5-14)12-18-17(24)15-6-7-16(23)20-19-15/h2-5H,6-12H2,1H3,(H,18,24)(H,20,23). The minimum absolute atomic E-state index is 0.205. The van der Waals surface area contributed by atoms with Crippen LogP contribution in [0.25, 0.3) is 0 Å². The molecule has 1 saturated heterocycles. The van der Waals surface area contributed by atoms with Crippen molar-refractivity contribution in [3.8, 4) is 0 Å². The third-order valence-electron chi connectivity index (χ3n) is 4.64. The first-order chi connectivity index (χ1) is 12.9. The number of nitrogens with zero attached hydrogens (tertiary/aromatic N) is 3. The number of sulfonamides is 1. The number of hydrazone groups is 1. The van der Waals surface area contributed by atoms with Crippen molar-refractivity contribution in [2.24, 2.45) is 5.10 Å². The molecular weight excluding hydrogens is 370 g/mol. The molecule has 1 fully saturated rings. The van der Waals surface area contributed by atoms with Gasteiger partial charge in [0, 0.05) is 45.6 Å². The van der Waals surface area contributed by atoms with Crippen molar-refractivity contribution in [2.75, 3.05) is 33.2 Å². The number of likely N-dealkylation sites (N-methyl/N-ethyl adjacent to an activating group) is 1. The molecule has 2 N–H and O–H groups in total. The maximum atomic E-state index is 12.7.